The van der Waals surface area contributed by atoms with Gasteiger partial charge < -0.3 is 9.73 Å². The van der Waals surface area contributed by atoms with E-state index in [-0.39, 0.29) is 5.63 Å². The van der Waals surface area contributed by atoms with Crippen LogP contribution in [0.3, 0.4) is 0 Å². The van der Waals surface area contributed by atoms with E-state index in [4.69, 9.17) is 4.42 Å². The molecule has 1 aromatic heterocycles. The summed E-state index contributed by atoms with van der Waals surface area (Å²) in [5.74, 6) is 0.500. The van der Waals surface area contributed by atoms with Crippen LogP contribution in [0.5, 0.6) is 0 Å². The van der Waals surface area contributed by atoms with Gasteiger partial charge >= 0.3 is 5.63 Å². The molecule has 0 amide bonds. The number of nitrogens with two attached hydrogens (primary N) is 1. The Kier molecular flexibility index (Phi) is 5.34. The molecule has 0 unspecified atom stereocenters. The predicted molar refractivity (Wildman–Crippen MR) is 102 cm³/mol. The van der Waals surface area contributed by atoms with Crippen molar-refractivity contribution in [2.45, 2.75) is 39.8 Å². The average Bonchev–Trinajstić information content (AvgIpc) is 2.61. The Bertz CT molecular complexity index is 897. The van der Waals surface area contributed by atoms with Gasteiger partial charge in [0.15, 0.2) is 0 Å². The molecular weight excluding hydrogens is 310 g/mol. The third-order valence-electron chi connectivity index (χ3n) is 4.80. The lowest BCUT2D eigenvalue weighted by Gasteiger charge is -2.20. The van der Waals surface area contributed by atoms with Gasteiger partial charge in [0.25, 0.3) is 0 Å². The average molecular weight is 336 g/mol. The minimum atomic E-state index is -0.273. The first-order chi connectivity index (χ1) is 12.1. The standard InChI is InChI=1S/C22H25NO2/c1-4-16-10-11-19-18(13-21(24)25-20(19)12-16)14-23-22(15(2)3)17-8-6-5-7-9-17/h5-13,15,22-23H,4,14H2,1-3H3/p+1/t22-/m1/s1. The number of rotatable bonds is 6. The first-order valence-electron chi connectivity index (χ1n) is 9.02. The minimum absolute atomic E-state index is 0.273. The third kappa shape index (κ3) is 3.99. The third-order valence-corrected chi connectivity index (χ3v) is 4.80. The topological polar surface area (TPSA) is 46.8 Å². The van der Waals surface area contributed by atoms with Crippen molar-refractivity contribution in [3.05, 3.63) is 81.7 Å². The molecule has 0 aliphatic heterocycles. The van der Waals surface area contributed by atoms with E-state index in [0.717, 1.165) is 23.9 Å². The van der Waals surface area contributed by atoms with Crippen LogP contribution in [0, 0.1) is 5.92 Å². The Morgan fingerprint density at radius 1 is 1.04 bits per heavy atom. The number of quaternary nitrogens is 1. The number of hydrogen-bond acceptors (Lipinski definition) is 2. The van der Waals surface area contributed by atoms with E-state index in [1.165, 1.54) is 11.1 Å². The zero-order valence-corrected chi connectivity index (χ0v) is 15.2. The van der Waals surface area contributed by atoms with Gasteiger partial charge in [-0.15, -0.1) is 0 Å². The molecule has 0 bridgehead atoms. The monoisotopic (exact) mass is 336 g/mol. The van der Waals surface area contributed by atoms with Crippen LogP contribution in [-0.4, -0.2) is 0 Å². The van der Waals surface area contributed by atoms with E-state index in [2.05, 4.69) is 62.5 Å². The number of aryl methyl sites for hydroxylation is 1. The summed E-state index contributed by atoms with van der Waals surface area (Å²) in [6.07, 6.45) is 0.930. The molecule has 3 heteroatoms. The molecule has 0 fully saturated rings. The Morgan fingerprint density at radius 3 is 2.48 bits per heavy atom. The molecule has 0 aliphatic rings. The van der Waals surface area contributed by atoms with Crippen molar-refractivity contribution < 1.29 is 9.73 Å². The van der Waals surface area contributed by atoms with Gasteiger partial charge in [0.05, 0.1) is 0 Å². The molecule has 0 aliphatic carbocycles. The minimum Gasteiger partial charge on any atom is -0.423 e. The van der Waals surface area contributed by atoms with E-state index < -0.39 is 0 Å². The van der Waals surface area contributed by atoms with Crippen LogP contribution in [0.1, 0.15) is 43.5 Å². The van der Waals surface area contributed by atoms with Crippen LogP contribution in [0.15, 0.2) is 63.8 Å². The second-order valence-corrected chi connectivity index (χ2v) is 6.90. The molecule has 1 atom stereocenters. The zero-order chi connectivity index (χ0) is 17.8. The molecule has 25 heavy (non-hydrogen) atoms. The maximum Gasteiger partial charge on any atom is 0.336 e. The first kappa shape index (κ1) is 17.4. The maximum atomic E-state index is 12.0. The van der Waals surface area contributed by atoms with Gasteiger partial charge in [0.2, 0.25) is 0 Å². The molecule has 1 heterocycles. The van der Waals surface area contributed by atoms with Crippen molar-refractivity contribution >= 4 is 11.0 Å². The van der Waals surface area contributed by atoms with E-state index >= 15 is 0 Å². The Morgan fingerprint density at radius 2 is 1.80 bits per heavy atom. The van der Waals surface area contributed by atoms with Gasteiger partial charge in [0, 0.05) is 28.5 Å². The fraction of sp³-hybridized carbons (Fsp3) is 0.318. The van der Waals surface area contributed by atoms with Gasteiger partial charge in [-0.3, -0.25) is 0 Å². The van der Waals surface area contributed by atoms with Crippen LogP contribution in [0.25, 0.3) is 11.0 Å². The molecular formula is C22H26NO2+. The van der Waals surface area contributed by atoms with Crippen LogP contribution < -0.4 is 10.9 Å². The smallest absolute Gasteiger partial charge is 0.336 e. The van der Waals surface area contributed by atoms with Gasteiger partial charge in [-0.2, -0.15) is 0 Å². The lowest BCUT2D eigenvalue weighted by Crippen LogP contribution is -2.84. The van der Waals surface area contributed by atoms with Crippen molar-refractivity contribution in [1.82, 2.24) is 0 Å². The summed E-state index contributed by atoms with van der Waals surface area (Å²) >= 11 is 0. The molecule has 0 saturated carbocycles. The lowest BCUT2D eigenvalue weighted by molar-refractivity contribution is -0.716. The van der Waals surface area contributed by atoms with E-state index in [0.29, 0.717) is 17.5 Å². The highest BCUT2D eigenvalue weighted by Crippen LogP contribution is 2.20. The molecule has 0 saturated heterocycles. The molecule has 2 aromatic carbocycles. The second kappa shape index (κ2) is 7.66. The summed E-state index contributed by atoms with van der Waals surface area (Å²) in [6, 6.07) is 18.7. The second-order valence-electron chi connectivity index (χ2n) is 6.90. The van der Waals surface area contributed by atoms with Gasteiger partial charge in [0.1, 0.15) is 18.2 Å². The Labute approximate surface area is 148 Å². The Balaban J connectivity index is 1.90. The van der Waals surface area contributed by atoms with Crippen molar-refractivity contribution in [3.8, 4) is 0 Å². The van der Waals surface area contributed by atoms with E-state index in [1.807, 2.05) is 12.1 Å². The Hall–Kier alpha value is -2.39. The fourth-order valence-electron chi connectivity index (χ4n) is 3.39. The maximum absolute atomic E-state index is 12.0. The zero-order valence-electron chi connectivity index (χ0n) is 15.2. The van der Waals surface area contributed by atoms with Crippen LogP contribution in [0.4, 0.5) is 0 Å². The molecule has 130 valence electrons. The van der Waals surface area contributed by atoms with Crippen LogP contribution >= 0.6 is 0 Å². The highest BCUT2D eigenvalue weighted by Gasteiger charge is 2.19. The van der Waals surface area contributed by atoms with Crippen molar-refractivity contribution in [2.75, 3.05) is 0 Å². The molecule has 3 aromatic rings. The van der Waals surface area contributed by atoms with Crippen molar-refractivity contribution in [3.63, 3.8) is 0 Å². The molecule has 0 radical (unpaired) electrons. The largest absolute Gasteiger partial charge is 0.423 e. The summed E-state index contributed by atoms with van der Waals surface area (Å²) in [7, 11) is 0. The molecule has 2 N–H and O–H groups in total. The summed E-state index contributed by atoms with van der Waals surface area (Å²) in [4.78, 5) is 12.0. The fourth-order valence-corrected chi connectivity index (χ4v) is 3.39. The predicted octanol–water partition coefficient (Wildman–Crippen LogP) is 3.82. The quantitative estimate of drug-likeness (QED) is 0.696. The van der Waals surface area contributed by atoms with E-state index in [1.54, 1.807) is 6.07 Å². The van der Waals surface area contributed by atoms with Gasteiger partial charge in [-0.1, -0.05) is 63.2 Å². The van der Waals surface area contributed by atoms with Crippen LogP contribution in [-0.2, 0) is 13.0 Å². The highest BCUT2D eigenvalue weighted by atomic mass is 16.4. The lowest BCUT2D eigenvalue weighted by atomic mass is 9.95. The van der Waals surface area contributed by atoms with Crippen molar-refractivity contribution in [1.29, 1.82) is 0 Å². The molecule has 0 spiro atoms. The number of hydrogen-bond donors (Lipinski definition) is 1. The van der Waals surface area contributed by atoms with Gasteiger partial charge in [-0.05, 0) is 18.1 Å². The summed E-state index contributed by atoms with van der Waals surface area (Å²) in [5.41, 5.74) is 3.95. The molecule has 3 rings (SSSR count). The molecule has 3 nitrogen and oxygen atoms in total. The van der Waals surface area contributed by atoms with Crippen LogP contribution in [0.2, 0.25) is 0 Å². The van der Waals surface area contributed by atoms with E-state index in [9.17, 15) is 4.79 Å². The highest BCUT2D eigenvalue weighted by molar-refractivity contribution is 5.80. The number of benzene rings is 2. The SMILES string of the molecule is CCc1ccc2c(C[NH2+][C@@H](c3ccccc3)C(C)C)cc(=O)oc2c1. The first-order valence-corrected chi connectivity index (χ1v) is 9.02. The summed E-state index contributed by atoms with van der Waals surface area (Å²) < 4.78 is 5.41. The van der Waals surface area contributed by atoms with Gasteiger partial charge in [-0.25, -0.2) is 4.79 Å². The normalized spacial score (nSPS) is 12.6. The number of fused-ring (bicyclic) bond motifs is 1. The summed E-state index contributed by atoms with van der Waals surface area (Å²) in [5, 5.41) is 3.35. The summed E-state index contributed by atoms with van der Waals surface area (Å²) in [6.45, 7) is 7.33. The van der Waals surface area contributed by atoms with Crippen molar-refractivity contribution in [2.24, 2.45) is 5.92 Å².